The number of fused-ring (bicyclic) bond motifs is 5. The molecule has 0 unspecified atom stereocenters. The summed E-state index contributed by atoms with van der Waals surface area (Å²) in [6.45, 7) is 7.85. The van der Waals surface area contributed by atoms with Gasteiger partial charge in [0.15, 0.2) is 5.82 Å². The summed E-state index contributed by atoms with van der Waals surface area (Å²) in [5, 5.41) is 0.738. The SMILES string of the molecule is C[C@@H]1CN2c3c(cnc4c(F)c(Br)c(Cl)cc34)N(C)C(=O)[C@H]2CN1C(=O)OC(C)(C)C. The summed E-state index contributed by atoms with van der Waals surface area (Å²) in [6, 6.07) is 0.799. The maximum Gasteiger partial charge on any atom is 0.410 e. The molecule has 1 aromatic carbocycles. The highest BCUT2D eigenvalue weighted by molar-refractivity contribution is 9.10. The summed E-state index contributed by atoms with van der Waals surface area (Å²) in [6.07, 6.45) is 1.04. The zero-order valence-electron chi connectivity index (χ0n) is 17.9. The Morgan fingerprint density at radius 2 is 2.03 bits per heavy atom. The number of ether oxygens (including phenoxy) is 1. The molecular weight excluding hydrogens is 491 g/mol. The molecule has 2 atom stereocenters. The Morgan fingerprint density at radius 3 is 2.68 bits per heavy atom. The van der Waals surface area contributed by atoms with E-state index in [9.17, 15) is 14.0 Å². The minimum absolute atomic E-state index is 0.147. The number of aromatic nitrogens is 1. The van der Waals surface area contributed by atoms with E-state index in [1.165, 1.54) is 11.1 Å². The number of anilines is 2. The first kappa shape index (κ1) is 22.1. The minimum atomic E-state index is -0.641. The zero-order chi connectivity index (χ0) is 22.8. The van der Waals surface area contributed by atoms with Crippen LogP contribution in [0.4, 0.5) is 20.6 Å². The molecule has 0 N–H and O–H groups in total. The molecule has 7 nitrogen and oxygen atoms in total. The van der Waals surface area contributed by atoms with Crippen LogP contribution in [0.1, 0.15) is 27.7 Å². The Morgan fingerprint density at radius 1 is 1.35 bits per heavy atom. The summed E-state index contributed by atoms with van der Waals surface area (Å²) in [5.41, 5.74) is 0.779. The standard InChI is InChI=1S/C21H23BrClFN4O3/c1-10-8-28-14(9-27(10)20(30)31-21(2,3)4)19(29)26(5)13-7-25-17-11(18(13)28)6-12(23)15(22)16(17)24/h6-7,10,14H,8-9H2,1-5H3/t10-,14-/m1/s1. The molecule has 2 aliphatic rings. The van der Waals surface area contributed by atoms with Crippen molar-refractivity contribution >= 4 is 61.8 Å². The number of pyridine rings is 1. The second-order valence-electron chi connectivity index (χ2n) is 8.92. The van der Waals surface area contributed by atoms with Crippen molar-refractivity contribution in [3.63, 3.8) is 0 Å². The van der Waals surface area contributed by atoms with E-state index in [1.807, 2.05) is 11.8 Å². The van der Waals surface area contributed by atoms with Crippen LogP contribution in [-0.2, 0) is 9.53 Å². The van der Waals surface area contributed by atoms with E-state index in [4.69, 9.17) is 16.3 Å². The third-order valence-electron chi connectivity index (χ3n) is 5.58. The van der Waals surface area contributed by atoms with E-state index in [1.54, 1.807) is 38.8 Å². The van der Waals surface area contributed by atoms with Gasteiger partial charge in [-0.15, -0.1) is 0 Å². The first-order valence-corrected chi connectivity index (χ1v) is 11.1. The maximum atomic E-state index is 14.9. The van der Waals surface area contributed by atoms with Gasteiger partial charge in [0.25, 0.3) is 5.91 Å². The van der Waals surface area contributed by atoms with Crippen LogP contribution in [0.5, 0.6) is 0 Å². The van der Waals surface area contributed by atoms with Gasteiger partial charge in [0.1, 0.15) is 17.2 Å². The van der Waals surface area contributed by atoms with Crippen molar-refractivity contribution < 1.29 is 18.7 Å². The highest BCUT2D eigenvalue weighted by Crippen LogP contribution is 2.44. The van der Waals surface area contributed by atoms with Crippen LogP contribution in [0.3, 0.4) is 0 Å². The molecule has 1 aromatic heterocycles. The molecule has 0 bridgehead atoms. The number of amides is 2. The predicted octanol–water partition coefficient (Wildman–Crippen LogP) is 4.58. The molecule has 3 heterocycles. The number of carbonyl (C=O) groups is 2. The van der Waals surface area contributed by atoms with E-state index in [0.29, 0.717) is 23.3 Å². The summed E-state index contributed by atoms with van der Waals surface area (Å²) in [7, 11) is 1.65. The second-order valence-corrected chi connectivity index (χ2v) is 10.1. The lowest BCUT2D eigenvalue weighted by atomic mass is 9.99. The highest BCUT2D eigenvalue weighted by atomic mass is 79.9. The molecule has 1 fully saturated rings. The van der Waals surface area contributed by atoms with E-state index < -0.39 is 23.6 Å². The lowest BCUT2D eigenvalue weighted by Crippen LogP contribution is -2.66. The van der Waals surface area contributed by atoms with Gasteiger partial charge in [-0.1, -0.05) is 11.6 Å². The molecule has 0 aliphatic carbocycles. The van der Waals surface area contributed by atoms with E-state index in [-0.39, 0.29) is 33.5 Å². The first-order chi connectivity index (χ1) is 14.4. The fourth-order valence-corrected chi connectivity index (χ4v) is 4.61. The molecule has 2 aromatic rings. The van der Waals surface area contributed by atoms with Gasteiger partial charge in [0.05, 0.1) is 33.6 Å². The van der Waals surface area contributed by atoms with Crippen molar-refractivity contribution in [1.82, 2.24) is 9.88 Å². The topological polar surface area (TPSA) is 66.0 Å². The quantitative estimate of drug-likeness (QED) is 0.483. The number of halogens is 3. The zero-order valence-corrected chi connectivity index (χ0v) is 20.2. The molecule has 0 saturated carbocycles. The Kier molecular flexibility index (Phi) is 5.33. The van der Waals surface area contributed by atoms with Gasteiger partial charge in [-0.05, 0) is 49.7 Å². The Labute approximate surface area is 193 Å². The van der Waals surface area contributed by atoms with Gasteiger partial charge in [-0.25, -0.2) is 9.18 Å². The molecule has 0 spiro atoms. The Bertz CT molecular complexity index is 1110. The summed E-state index contributed by atoms with van der Waals surface area (Å²) in [4.78, 5) is 35.2. The normalized spacial score (nSPS) is 21.3. The van der Waals surface area contributed by atoms with Gasteiger partial charge >= 0.3 is 6.09 Å². The number of hydrogen-bond acceptors (Lipinski definition) is 5. The fraction of sp³-hybridized carbons (Fsp3) is 0.476. The van der Waals surface area contributed by atoms with Crippen molar-refractivity contribution in [2.45, 2.75) is 45.4 Å². The highest BCUT2D eigenvalue weighted by Gasteiger charge is 2.45. The minimum Gasteiger partial charge on any atom is -0.444 e. The number of likely N-dealkylation sites (N-methyl/N-ethyl adjacent to an activating group) is 1. The third kappa shape index (κ3) is 3.61. The summed E-state index contributed by atoms with van der Waals surface area (Å²) in [5.74, 6) is -0.723. The molecule has 166 valence electrons. The van der Waals surface area contributed by atoms with Crippen LogP contribution in [0.25, 0.3) is 10.9 Å². The van der Waals surface area contributed by atoms with Gasteiger partial charge in [0, 0.05) is 25.0 Å². The lowest BCUT2D eigenvalue weighted by Gasteiger charge is -2.49. The third-order valence-corrected chi connectivity index (χ3v) is 6.88. The number of nitrogens with zero attached hydrogens (tertiary/aromatic N) is 4. The monoisotopic (exact) mass is 512 g/mol. The fourth-order valence-electron chi connectivity index (χ4n) is 4.12. The Hall–Kier alpha value is -2.13. The van der Waals surface area contributed by atoms with Crippen molar-refractivity contribution in [2.75, 3.05) is 29.9 Å². The van der Waals surface area contributed by atoms with Gasteiger partial charge in [0.2, 0.25) is 0 Å². The van der Waals surface area contributed by atoms with Crippen molar-refractivity contribution in [3.8, 4) is 0 Å². The molecule has 0 radical (unpaired) electrons. The number of hydrogen-bond donors (Lipinski definition) is 0. The molecule has 1 saturated heterocycles. The molecule has 31 heavy (non-hydrogen) atoms. The van der Waals surface area contributed by atoms with Crippen LogP contribution < -0.4 is 9.80 Å². The number of piperazine rings is 1. The Balaban J connectivity index is 1.82. The number of rotatable bonds is 0. The lowest BCUT2D eigenvalue weighted by molar-refractivity contribution is -0.121. The molecule has 2 aliphatic heterocycles. The molecule has 2 amide bonds. The van der Waals surface area contributed by atoms with Crippen molar-refractivity contribution in [2.24, 2.45) is 0 Å². The summed E-state index contributed by atoms with van der Waals surface area (Å²) >= 11 is 9.41. The maximum absolute atomic E-state index is 14.9. The van der Waals surface area contributed by atoms with Crippen LogP contribution in [0.15, 0.2) is 16.7 Å². The van der Waals surface area contributed by atoms with E-state index in [2.05, 4.69) is 20.9 Å². The van der Waals surface area contributed by atoms with Crippen LogP contribution in [0.2, 0.25) is 5.02 Å². The first-order valence-electron chi connectivity index (χ1n) is 9.90. The van der Waals surface area contributed by atoms with E-state index >= 15 is 0 Å². The average molecular weight is 514 g/mol. The largest absolute Gasteiger partial charge is 0.444 e. The molecule has 10 heteroatoms. The second kappa shape index (κ2) is 7.48. The summed E-state index contributed by atoms with van der Waals surface area (Å²) < 4.78 is 20.5. The van der Waals surface area contributed by atoms with Crippen LogP contribution in [-0.4, -0.2) is 59.7 Å². The van der Waals surface area contributed by atoms with Gasteiger partial charge < -0.3 is 19.4 Å². The van der Waals surface area contributed by atoms with Crippen LogP contribution >= 0.6 is 27.5 Å². The van der Waals surface area contributed by atoms with Crippen molar-refractivity contribution in [1.29, 1.82) is 0 Å². The molecule has 4 rings (SSSR count). The molecular formula is C21H23BrClFN4O3. The van der Waals surface area contributed by atoms with E-state index in [0.717, 1.165) is 0 Å². The van der Waals surface area contributed by atoms with Gasteiger partial charge in [-0.3, -0.25) is 9.78 Å². The average Bonchev–Trinajstić information content (AvgIpc) is 2.68. The van der Waals surface area contributed by atoms with Gasteiger partial charge in [-0.2, -0.15) is 0 Å². The van der Waals surface area contributed by atoms with Crippen molar-refractivity contribution in [3.05, 3.63) is 27.6 Å². The smallest absolute Gasteiger partial charge is 0.410 e. The predicted molar refractivity (Wildman–Crippen MR) is 121 cm³/mol. The number of benzene rings is 1. The van der Waals surface area contributed by atoms with Crippen LogP contribution in [0, 0.1) is 5.82 Å². The number of carbonyl (C=O) groups excluding carboxylic acids is 2.